The van der Waals surface area contributed by atoms with Crippen molar-refractivity contribution in [3.05, 3.63) is 58.1 Å². The van der Waals surface area contributed by atoms with E-state index >= 15 is 0 Å². The van der Waals surface area contributed by atoms with Gasteiger partial charge < -0.3 is 15.0 Å². The topological polar surface area (TPSA) is 58.6 Å². The Morgan fingerprint density at radius 2 is 1.85 bits per heavy atom. The number of carbonyl (C=O) groups is 2. The predicted molar refractivity (Wildman–Crippen MR) is 107 cm³/mol. The number of halogens is 2. The molecule has 1 saturated heterocycles. The summed E-state index contributed by atoms with van der Waals surface area (Å²) in [7, 11) is 1.57. The summed E-state index contributed by atoms with van der Waals surface area (Å²) in [5.41, 5.74) is 1.09. The van der Waals surface area contributed by atoms with Crippen molar-refractivity contribution in [2.45, 2.75) is 12.8 Å². The number of nitrogens with zero attached hydrogens (tertiary/aromatic N) is 1. The van der Waals surface area contributed by atoms with Crippen LogP contribution in [0.2, 0.25) is 10.0 Å². The molecule has 1 fully saturated rings. The summed E-state index contributed by atoms with van der Waals surface area (Å²) >= 11 is 12.1. The Balaban J connectivity index is 1.58. The van der Waals surface area contributed by atoms with Crippen LogP contribution in [0.4, 0.5) is 5.69 Å². The van der Waals surface area contributed by atoms with Crippen LogP contribution in [0.1, 0.15) is 23.2 Å². The third-order valence-corrected chi connectivity index (χ3v) is 5.22. The summed E-state index contributed by atoms with van der Waals surface area (Å²) in [5, 5.41) is 3.79. The van der Waals surface area contributed by atoms with E-state index < -0.39 is 0 Å². The molecule has 1 heterocycles. The Bertz CT molecular complexity index is 849. The number of anilines is 1. The largest absolute Gasteiger partial charge is 0.497 e. The maximum atomic E-state index is 12.7. The summed E-state index contributed by atoms with van der Waals surface area (Å²) in [6.45, 7) is 1.05. The number of carbonyl (C=O) groups excluding carboxylic acids is 2. The summed E-state index contributed by atoms with van der Waals surface area (Å²) in [6.07, 6.45) is 1.19. The molecule has 0 unspecified atom stereocenters. The maximum Gasteiger partial charge on any atom is 0.253 e. The first-order valence-corrected chi connectivity index (χ1v) is 9.43. The van der Waals surface area contributed by atoms with Gasteiger partial charge in [-0.25, -0.2) is 0 Å². The van der Waals surface area contributed by atoms with Crippen molar-refractivity contribution >= 4 is 40.7 Å². The lowest BCUT2D eigenvalue weighted by atomic mass is 9.95. The number of ether oxygens (including phenoxy) is 1. The number of benzene rings is 2. The molecular formula is C20H20Cl2N2O3. The van der Waals surface area contributed by atoms with E-state index in [0.717, 1.165) is 0 Å². The van der Waals surface area contributed by atoms with Crippen molar-refractivity contribution in [1.82, 2.24) is 4.90 Å². The quantitative estimate of drug-likeness (QED) is 0.813. The van der Waals surface area contributed by atoms with Crippen LogP contribution >= 0.6 is 23.2 Å². The van der Waals surface area contributed by atoms with Crippen molar-refractivity contribution in [2.24, 2.45) is 5.92 Å². The zero-order chi connectivity index (χ0) is 19.4. The number of nitrogens with one attached hydrogen (secondary N) is 1. The van der Waals surface area contributed by atoms with Gasteiger partial charge in [0.15, 0.2) is 0 Å². The number of amides is 2. The summed E-state index contributed by atoms with van der Waals surface area (Å²) in [4.78, 5) is 27.0. The molecule has 0 aliphatic carbocycles. The summed E-state index contributed by atoms with van der Waals surface area (Å²) in [5.74, 6) is 0.321. The number of hydrogen-bond acceptors (Lipinski definition) is 3. The highest BCUT2D eigenvalue weighted by Gasteiger charge is 2.28. The SMILES string of the molecule is COc1cccc(C(=O)N2CCC(C(=O)Nc3cc(Cl)ccc3Cl)CC2)c1. The zero-order valence-corrected chi connectivity index (χ0v) is 16.4. The monoisotopic (exact) mass is 406 g/mol. The molecule has 2 aromatic rings. The highest BCUT2D eigenvalue weighted by atomic mass is 35.5. The number of piperidine rings is 1. The molecule has 0 saturated carbocycles. The van der Waals surface area contributed by atoms with Gasteiger partial charge in [-0.05, 0) is 49.2 Å². The average Bonchev–Trinajstić information content (AvgIpc) is 2.70. The van der Waals surface area contributed by atoms with Gasteiger partial charge in [-0.3, -0.25) is 9.59 Å². The molecule has 5 nitrogen and oxygen atoms in total. The normalized spacial score (nSPS) is 14.7. The van der Waals surface area contributed by atoms with Gasteiger partial charge in [0.25, 0.3) is 5.91 Å². The predicted octanol–water partition coefficient (Wildman–Crippen LogP) is 4.49. The van der Waals surface area contributed by atoms with E-state index in [4.69, 9.17) is 27.9 Å². The standard InChI is InChI=1S/C20H20Cl2N2O3/c1-27-16-4-2-3-14(11-16)20(26)24-9-7-13(8-10-24)19(25)23-18-12-15(21)5-6-17(18)22/h2-6,11-13H,7-10H2,1H3,(H,23,25). The first-order chi connectivity index (χ1) is 13.0. The van der Waals surface area contributed by atoms with E-state index in [0.29, 0.717) is 53.0 Å². The number of methoxy groups -OCH3 is 1. The molecule has 142 valence electrons. The molecule has 0 bridgehead atoms. The van der Waals surface area contributed by atoms with Crippen LogP contribution in [0, 0.1) is 5.92 Å². The second-order valence-electron chi connectivity index (χ2n) is 6.41. The van der Waals surface area contributed by atoms with Crippen LogP contribution in [0.15, 0.2) is 42.5 Å². The van der Waals surface area contributed by atoms with Crippen molar-refractivity contribution in [1.29, 1.82) is 0 Å². The molecule has 1 N–H and O–H groups in total. The van der Waals surface area contributed by atoms with Gasteiger partial charge in [0.05, 0.1) is 17.8 Å². The molecule has 0 aromatic heterocycles. The minimum atomic E-state index is -0.172. The van der Waals surface area contributed by atoms with Crippen LogP contribution in [-0.2, 0) is 4.79 Å². The molecule has 1 aliphatic heterocycles. The van der Waals surface area contributed by atoms with E-state index in [2.05, 4.69) is 5.32 Å². The third kappa shape index (κ3) is 4.73. The van der Waals surface area contributed by atoms with Crippen molar-refractivity contribution < 1.29 is 14.3 Å². The van der Waals surface area contributed by atoms with E-state index in [1.807, 2.05) is 0 Å². The van der Waals surface area contributed by atoms with Gasteiger partial charge >= 0.3 is 0 Å². The molecule has 0 spiro atoms. The number of rotatable bonds is 4. The van der Waals surface area contributed by atoms with Crippen molar-refractivity contribution in [3.63, 3.8) is 0 Å². The van der Waals surface area contributed by atoms with Crippen molar-refractivity contribution in [2.75, 3.05) is 25.5 Å². The molecule has 3 rings (SSSR count). The first kappa shape index (κ1) is 19.5. The highest BCUT2D eigenvalue weighted by Crippen LogP contribution is 2.27. The fourth-order valence-electron chi connectivity index (χ4n) is 3.11. The third-order valence-electron chi connectivity index (χ3n) is 4.66. The lowest BCUT2D eigenvalue weighted by Gasteiger charge is -2.31. The van der Waals surface area contributed by atoms with Gasteiger partial charge in [-0.15, -0.1) is 0 Å². The number of likely N-dealkylation sites (tertiary alicyclic amines) is 1. The lowest BCUT2D eigenvalue weighted by molar-refractivity contribution is -0.121. The van der Waals surface area contributed by atoms with Crippen LogP contribution in [0.5, 0.6) is 5.75 Å². The van der Waals surface area contributed by atoms with Crippen LogP contribution in [-0.4, -0.2) is 36.9 Å². The van der Waals surface area contributed by atoms with Gasteiger partial charge in [0, 0.05) is 29.6 Å². The molecule has 0 atom stereocenters. The van der Waals surface area contributed by atoms with Gasteiger partial charge in [-0.2, -0.15) is 0 Å². The van der Waals surface area contributed by atoms with E-state index in [9.17, 15) is 9.59 Å². The highest BCUT2D eigenvalue weighted by molar-refractivity contribution is 6.35. The van der Waals surface area contributed by atoms with Crippen LogP contribution in [0.3, 0.4) is 0 Å². The van der Waals surface area contributed by atoms with Gasteiger partial charge in [0.2, 0.25) is 5.91 Å². The Labute approximate surface area is 168 Å². The zero-order valence-electron chi connectivity index (χ0n) is 14.9. The number of hydrogen-bond donors (Lipinski definition) is 1. The van der Waals surface area contributed by atoms with Gasteiger partial charge in [-0.1, -0.05) is 29.3 Å². The van der Waals surface area contributed by atoms with Crippen LogP contribution in [0.25, 0.3) is 0 Å². The fourth-order valence-corrected chi connectivity index (χ4v) is 3.45. The van der Waals surface area contributed by atoms with Crippen molar-refractivity contribution in [3.8, 4) is 5.75 Å². The molecule has 27 heavy (non-hydrogen) atoms. The van der Waals surface area contributed by atoms with E-state index in [1.54, 1.807) is 54.5 Å². The molecule has 2 aromatic carbocycles. The molecule has 0 radical (unpaired) electrons. The molecule has 1 aliphatic rings. The molecule has 7 heteroatoms. The summed E-state index contributed by atoms with van der Waals surface area (Å²) < 4.78 is 5.17. The second-order valence-corrected chi connectivity index (χ2v) is 7.26. The maximum absolute atomic E-state index is 12.7. The van der Waals surface area contributed by atoms with Gasteiger partial charge in [0.1, 0.15) is 5.75 Å². The summed E-state index contributed by atoms with van der Waals surface area (Å²) in [6, 6.07) is 12.0. The van der Waals surface area contributed by atoms with Crippen LogP contribution < -0.4 is 10.1 Å². The minimum Gasteiger partial charge on any atom is -0.497 e. The second kappa shape index (κ2) is 8.63. The lowest BCUT2D eigenvalue weighted by Crippen LogP contribution is -2.41. The Hall–Kier alpha value is -2.24. The molecule has 2 amide bonds. The Morgan fingerprint density at radius 1 is 1.11 bits per heavy atom. The Morgan fingerprint density at radius 3 is 2.56 bits per heavy atom. The van der Waals surface area contributed by atoms with E-state index in [1.165, 1.54) is 0 Å². The van der Waals surface area contributed by atoms with E-state index in [-0.39, 0.29) is 17.7 Å². The average molecular weight is 407 g/mol. The first-order valence-electron chi connectivity index (χ1n) is 8.67. The fraction of sp³-hybridized carbons (Fsp3) is 0.300. The molecular weight excluding hydrogens is 387 g/mol. The minimum absolute atomic E-state index is 0.0503. The smallest absolute Gasteiger partial charge is 0.253 e. The Kier molecular flexibility index (Phi) is 6.24.